The van der Waals surface area contributed by atoms with Gasteiger partial charge in [-0.15, -0.1) is 0 Å². The molecule has 0 saturated heterocycles. The van der Waals surface area contributed by atoms with E-state index in [9.17, 15) is 9.60 Å². The Morgan fingerprint density at radius 2 is 0.898 bits per heavy atom. The van der Waals surface area contributed by atoms with Crippen molar-refractivity contribution in [1.82, 2.24) is 0 Å². The summed E-state index contributed by atoms with van der Waals surface area (Å²) < 4.78 is 137. The first-order valence-corrected chi connectivity index (χ1v) is 15.6. The molecule has 0 spiro atoms. The highest BCUT2D eigenvalue weighted by Crippen LogP contribution is 2.41. The molecule has 49 heavy (non-hydrogen) atoms. The van der Waals surface area contributed by atoms with Crippen LogP contribution >= 0.6 is 0 Å². The molecule has 0 radical (unpaired) electrons. The third kappa shape index (κ3) is 5.32. The van der Waals surface area contributed by atoms with Crippen LogP contribution in [0, 0.1) is 0 Å². The number of rotatable bonds is 6. The average Bonchev–Trinajstić information content (AvgIpc) is 3.30. The van der Waals surface area contributed by atoms with Crippen LogP contribution in [-0.2, 0) is 0 Å². The highest BCUT2D eigenvalue weighted by molar-refractivity contribution is 6.00. The zero-order valence-corrected chi connectivity index (χ0v) is 25.8. The zero-order valence-electron chi connectivity index (χ0n) is 40.8. The largest absolute Gasteiger partial charge is 0.310 e. The SMILES string of the molecule is [2H]c1c([2H])c(-c2cccc3ccccc23)c([2H])c(N(c2cccc(-c3cccc4ccccc34)c2)c2c([2H])c([2H])c([2H])c(-c3c([2H])c([2H])c([2H])c4c([2H])c([2H])c([2H])c([2H])c34)c2[2H])c1[2H]. The van der Waals surface area contributed by atoms with E-state index in [4.69, 9.17) is 11.0 Å². The fraction of sp³-hybridized carbons (Fsp3) is 0. The van der Waals surface area contributed by atoms with Crippen LogP contribution < -0.4 is 4.90 Å². The topological polar surface area (TPSA) is 3.24 Å². The van der Waals surface area contributed by atoms with E-state index in [1.165, 1.54) is 4.90 Å². The fourth-order valence-electron chi connectivity index (χ4n) is 6.25. The lowest BCUT2D eigenvalue weighted by molar-refractivity contribution is 1.28. The Morgan fingerprint density at radius 3 is 1.61 bits per heavy atom. The third-order valence-corrected chi connectivity index (χ3v) is 8.50. The summed E-state index contributed by atoms with van der Waals surface area (Å²) in [4.78, 5) is 1.21. The molecule has 0 saturated carbocycles. The minimum absolute atomic E-state index is 0.0233. The number of benzene rings is 9. The predicted molar refractivity (Wildman–Crippen MR) is 210 cm³/mol. The lowest BCUT2D eigenvalue weighted by Crippen LogP contribution is -2.10. The van der Waals surface area contributed by atoms with Gasteiger partial charge in [0.15, 0.2) is 0 Å². The van der Waals surface area contributed by atoms with Gasteiger partial charge in [-0.05, 0) is 102 Å². The van der Waals surface area contributed by atoms with Gasteiger partial charge in [0, 0.05) is 17.1 Å². The molecule has 0 fully saturated rings. The number of hydrogen-bond acceptors (Lipinski definition) is 1. The molecule has 0 aliphatic carbocycles. The second-order valence-corrected chi connectivity index (χ2v) is 11.4. The van der Waals surface area contributed by atoms with Crippen LogP contribution in [0.5, 0.6) is 0 Å². The second kappa shape index (κ2) is 12.3. The molecule has 230 valence electrons. The van der Waals surface area contributed by atoms with Gasteiger partial charge in [0.05, 0.1) is 20.6 Å². The number of anilines is 3. The lowest BCUT2D eigenvalue weighted by atomic mass is 9.96. The summed E-state index contributed by atoms with van der Waals surface area (Å²) in [5, 5.41) is 2.39. The minimum Gasteiger partial charge on any atom is -0.310 e. The van der Waals surface area contributed by atoms with Gasteiger partial charge in [-0.2, -0.15) is 0 Å². The van der Waals surface area contributed by atoms with Crippen LogP contribution in [-0.4, -0.2) is 0 Å². The fourth-order valence-corrected chi connectivity index (χ4v) is 6.25. The highest BCUT2D eigenvalue weighted by atomic mass is 15.1. The van der Waals surface area contributed by atoms with E-state index in [-0.39, 0.29) is 16.9 Å². The Balaban J connectivity index is 1.44. The van der Waals surface area contributed by atoms with Crippen molar-refractivity contribution < 1.29 is 20.6 Å². The zero-order chi connectivity index (χ0) is 45.6. The van der Waals surface area contributed by atoms with Crippen LogP contribution in [0.4, 0.5) is 17.1 Å². The van der Waals surface area contributed by atoms with Crippen molar-refractivity contribution in [3.8, 4) is 33.4 Å². The Kier molecular flexibility index (Phi) is 4.29. The van der Waals surface area contributed by atoms with Gasteiger partial charge in [0.25, 0.3) is 0 Å². The van der Waals surface area contributed by atoms with Gasteiger partial charge >= 0.3 is 0 Å². The quantitative estimate of drug-likeness (QED) is 0.175. The van der Waals surface area contributed by atoms with Crippen molar-refractivity contribution >= 4 is 49.4 Å². The van der Waals surface area contributed by atoms with Crippen molar-refractivity contribution in [2.24, 2.45) is 0 Å². The van der Waals surface area contributed by atoms with E-state index in [0.717, 1.165) is 21.7 Å². The van der Waals surface area contributed by atoms with Crippen LogP contribution in [0.3, 0.4) is 0 Å². The summed E-state index contributed by atoms with van der Waals surface area (Å²) in [5.41, 5.74) is 0.0680. The number of hydrogen-bond donors (Lipinski definition) is 0. The maximum Gasteiger partial charge on any atom is 0.0651 e. The smallest absolute Gasteiger partial charge is 0.0651 e. The van der Waals surface area contributed by atoms with Crippen molar-refractivity contribution in [3.05, 3.63) is 200 Å². The maximum absolute atomic E-state index is 9.94. The van der Waals surface area contributed by atoms with E-state index in [1.807, 2.05) is 72.8 Å². The lowest BCUT2D eigenvalue weighted by Gasteiger charge is -2.27. The van der Waals surface area contributed by atoms with Gasteiger partial charge in [-0.25, -0.2) is 0 Å². The standard InChI is InChI=1S/C48H33N/c1-4-25-43-34(13-1)16-10-28-46(43)37-19-7-22-40(31-37)49(41-23-8-20-38(32-41)47-29-11-17-35-14-2-5-26-44(35)47)42-24-9-21-39(33-42)48-30-12-18-36-15-3-6-27-45(36)48/h1-33H/i1D,4D,7D,8D,10D,13D,16D,19D,20D,22D,23D,25D,28D,31D,32D. The average molecular weight is 639 g/mol. The monoisotopic (exact) mass is 638 g/mol. The summed E-state index contributed by atoms with van der Waals surface area (Å²) in [6.07, 6.45) is 0. The molecule has 9 aromatic rings. The van der Waals surface area contributed by atoms with E-state index in [1.54, 1.807) is 36.4 Å². The normalized spacial score (nSPS) is 15.6. The molecular weight excluding hydrogens is 591 g/mol. The molecule has 0 aliphatic rings. The van der Waals surface area contributed by atoms with Gasteiger partial charge in [0.1, 0.15) is 0 Å². The van der Waals surface area contributed by atoms with Gasteiger partial charge in [0.2, 0.25) is 0 Å². The molecule has 9 rings (SSSR count). The minimum atomic E-state index is -0.790. The van der Waals surface area contributed by atoms with Crippen LogP contribution in [0.1, 0.15) is 20.6 Å². The summed E-state index contributed by atoms with van der Waals surface area (Å²) in [6, 6.07) is 22.8. The van der Waals surface area contributed by atoms with Crippen LogP contribution in [0.25, 0.3) is 65.7 Å². The first-order valence-electron chi connectivity index (χ1n) is 23.1. The van der Waals surface area contributed by atoms with E-state index in [0.29, 0.717) is 16.5 Å². The summed E-state index contributed by atoms with van der Waals surface area (Å²) in [6.45, 7) is 0. The van der Waals surface area contributed by atoms with Gasteiger partial charge in [-0.3, -0.25) is 0 Å². The van der Waals surface area contributed by atoms with Crippen molar-refractivity contribution in [1.29, 1.82) is 0 Å². The van der Waals surface area contributed by atoms with E-state index < -0.39 is 118 Å². The number of fused-ring (bicyclic) bond motifs is 3. The molecule has 0 heterocycles. The molecule has 0 N–H and O–H groups in total. The Hall–Kier alpha value is -6.44. The molecule has 1 heteroatoms. The Labute approximate surface area is 308 Å². The molecular formula is C48H33N. The molecule has 0 bridgehead atoms. The predicted octanol–water partition coefficient (Wildman–Crippen LogP) is 13.6. The first kappa shape index (κ1) is 17.1. The maximum atomic E-state index is 9.94. The Morgan fingerprint density at radius 1 is 0.347 bits per heavy atom. The van der Waals surface area contributed by atoms with Crippen molar-refractivity contribution in [3.63, 3.8) is 0 Å². The molecule has 1 nitrogen and oxygen atoms in total. The summed E-state index contributed by atoms with van der Waals surface area (Å²) >= 11 is 0. The van der Waals surface area contributed by atoms with Crippen LogP contribution in [0.2, 0.25) is 0 Å². The Bertz CT molecular complexity index is 3460. The molecule has 0 unspecified atom stereocenters. The highest BCUT2D eigenvalue weighted by Gasteiger charge is 2.17. The summed E-state index contributed by atoms with van der Waals surface area (Å²) in [7, 11) is 0. The molecule has 0 aliphatic heterocycles. The molecule has 0 aromatic heterocycles. The van der Waals surface area contributed by atoms with E-state index >= 15 is 0 Å². The molecule has 0 atom stereocenters. The first-order chi connectivity index (χ1) is 30.6. The van der Waals surface area contributed by atoms with Crippen molar-refractivity contribution in [2.75, 3.05) is 4.90 Å². The van der Waals surface area contributed by atoms with Gasteiger partial charge in [-0.1, -0.05) is 164 Å². The van der Waals surface area contributed by atoms with Crippen molar-refractivity contribution in [2.45, 2.75) is 0 Å². The van der Waals surface area contributed by atoms with Gasteiger partial charge < -0.3 is 4.90 Å². The third-order valence-electron chi connectivity index (χ3n) is 8.50. The second-order valence-electron chi connectivity index (χ2n) is 11.4. The van der Waals surface area contributed by atoms with E-state index in [2.05, 4.69) is 0 Å². The summed E-state index contributed by atoms with van der Waals surface area (Å²) in [5.74, 6) is 0. The van der Waals surface area contributed by atoms with Crippen LogP contribution in [0.15, 0.2) is 200 Å². The number of nitrogens with zero attached hydrogens (tertiary/aromatic N) is 1. The molecule has 9 aromatic carbocycles. The molecule has 0 amide bonds.